The quantitative estimate of drug-likeness (QED) is 0.938. The fourth-order valence-corrected chi connectivity index (χ4v) is 1.71. The number of ether oxygens (including phenoxy) is 1. The maximum absolute atomic E-state index is 13.6. The summed E-state index contributed by atoms with van der Waals surface area (Å²) in [5.74, 6) is 0.408. The number of hydrogen-bond donors (Lipinski definition) is 1. The van der Waals surface area contributed by atoms with Crippen LogP contribution in [0.5, 0.6) is 5.75 Å². The van der Waals surface area contributed by atoms with Crippen LogP contribution in [-0.2, 0) is 0 Å². The normalized spacial score (nSPS) is 10.2. The molecule has 1 heterocycles. The number of anilines is 2. The van der Waals surface area contributed by atoms with E-state index in [0.29, 0.717) is 22.6 Å². The number of halogens is 2. The van der Waals surface area contributed by atoms with Gasteiger partial charge >= 0.3 is 0 Å². The van der Waals surface area contributed by atoms with E-state index in [-0.39, 0.29) is 5.75 Å². The maximum atomic E-state index is 13.6. The van der Waals surface area contributed by atoms with Crippen molar-refractivity contribution in [1.82, 2.24) is 9.97 Å². The van der Waals surface area contributed by atoms with Crippen LogP contribution in [0.2, 0.25) is 0 Å². The Balaban J connectivity index is 2.20. The molecule has 0 aliphatic heterocycles. The third-order valence-corrected chi connectivity index (χ3v) is 2.74. The van der Waals surface area contributed by atoms with Crippen LogP contribution in [0.1, 0.15) is 6.92 Å². The fourth-order valence-electron chi connectivity index (χ4n) is 1.39. The molecule has 0 atom stereocenters. The summed E-state index contributed by atoms with van der Waals surface area (Å²) in [5, 5.41) is 2.99. The number of rotatable bonds is 4. The highest BCUT2D eigenvalue weighted by Gasteiger charge is 2.06. The summed E-state index contributed by atoms with van der Waals surface area (Å²) in [4.78, 5) is 7.89. The predicted octanol–water partition coefficient (Wildman–Crippen LogP) is 3.52. The van der Waals surface area contributed by atoms with Crippen molar-refractivity contribution in [3.05, 3.63) is 41.0 Å². The minimum absolute atomic E-state index is 0.241. The second kappa shape index (κ2) is 5.77. The SMILES string of the molecule is CCOc1ccc(Nc2ncncc2Br)cc1F. The zero-order chi connectivity index (χ0) is 13.0. The number of aromatic nitrogens is 2. The van der Waals surface area contributed by atoms with Crippen LogP contribution in [-0.4, -0.2) is 16.6 Å². The van der Waals surface area contributed by atoms with Gasteiger partial charge in [0.25, 0.3) is 0 Å². The van der Waals surface area contributed by atoms with Crippen molar-refractivity contribution in [3.8, 4) is 5.75 Å². The molecular formula is C12H11BrFN3O. The molecule has 0 bridgehead atoms. The van der Waals surface area contributed by atoms with Crippen LogP contribution in [0, 0.1) is 5.82 Å². The Hall–Kier alpha value is -1.69. The third-order valence-electron chi connectivity index (χ3n) is 2.16. The molecule has 1 N–H and O–H groups in total. The van der Waals surface area contributed by atoms with Gasteiger partial charge in [0.15, 0.2) is 11.6 Å². The second-order valence-electron chi connectivity index (χ2n) is 3.42. The summed E-state index contributed by atoms with van der Waals surface area (Å²) in [5.41, 5.74) is 0.593. The minimum Gasteiger partial charge on any atom is -0.491 e. The molecule has 1 aromatic carbocycles. The Morgan fingerprint density at radius 2 is 2.28 bits per heavy atom. The van der Waals surface area contributed by atoms with Gasteiger partial charge in [0.1, 0.15) is 12.1 Å². The molecule has 18 heavy (non-hydrogen) atoms. The summed E-state index contributed by atoms with van der Waals surface area (Å²) in [6.07, 6.45) is 3.03. The van der Waals surface area contributed by atoms with E-state index >= 15 is 0 Å². The Morgan fingerprint density at radius 1 is 1.44 bits per heavy atom. The highest BCUT2D eigenvalue weighted by Crippen LogP contribution is 2.25. The average molecular weight is 312 g/mol. The van der Waals surface area contributed by atoms with E-state index in [1.54, 1.807) is 18.3 Å². The van der Waals surface area contributed by atoms with Gasteiger partial charge in [-0.25, -0.2) is 14.4 Å². The lowest BCUT2D eigenvalue weighted by Crippen LogP contribution is -1.98. The molecule has 2 rings (SSSR count). The number of hydrogen-bond acceptors (Lipinski definition) is 4. The first-order valence-corrected chi connectivity index (χ1v) is 6.15. The van der Waals surface area contributed by atoms with Crippen molar-refractivity contribution in [2.75, 3.05) is 11.9 Å². The molecule has 6 heteroatoms. The highest BCUT2D eigenvalue weighted by atomic mass is 79.9. The molecule has 2 aromatic rings. The van der Waals surface area contributed by atoms with Gasteiger partial charge in [-0.05, 0) is 35.0 Å². The molecule has 0 aliphatic rings. The van der Waals surface area contributed by atoms with E-state index < -0.39 is 5.82 Å². The monoisotopic (exact) mass is 311 g/mol. The van der Waals surface area contributed by atoms with Crippen LogP contribution in [0.3, 0.4) is 0 Å². The lowest BCUT2D eigenvalue weighted by Gasteiger charge is -2.09. The number of nitrogens with zero attached hydrogens (tertiary/aromatic N) is 2. The summed E-state index contributed by atoms with van der Waals surface area (Å²) in [7, 11) is 0. The molecule has 0 amide bonds. The van der Waals surface area contributed by atoms with Crippen LogP contribution < -0.4 is 10.1 Å². The summed E-state index contributed by atoms with van der Waals surface area (Å²) in [6.45, 7) is 2.24. The van der Waals surface area contributed by atoms with E-state index in [1.165, 1.54) is 12.4 Å². The van der Waals surface area contributed by atoms with Gasteiger partial charge < -0.3 is 10.1 Å². The van der Waals surface area contributed by atoms with Gasteiger partial charge in [-0.2, -0.15) is 0 Å². The Morgan fingerprint density at radius 3 is 2.94 bits per heavy atom. The topological polar surface area (TPSA) is 47.0 Å². The Kier molecular flexibility index (Phi) is 4.09. The second-order valence-corrected chi connectivity index (χ2v) is 4.28. The van der Waals surface area contributed by atoms with Crippen LogP contribution >= 0.6 is 15.9 Å². The smallest absolute Gasteiger partial charge is 0.167 e. The van der Waals surface area contributed by atoms with Crippen molar-refractivity contribution < 1.29 is 9.13 Å². The summed E-state index contributed by atoms with van der Waals surface area (Å²) >= 11 is 3.31. The van der Waals surface area contributed by atoms with Gasteiger partial charge in [-0.1, -0.05) is 0 Å². The van der Waals surface area contributed by atoms with Crippen molar-refractivity contribution in [3.63, 3.8) is 0 Å². The van der Waals surface area contributed by atoms with E-state index in [0.717, 1.165) is 0 Å². The van der Waals surface area contributed by atoms with Crippen molar-refractivity contribution in [2.24, 2.45) is 0 Å². The third kappa shape index (κ3) is 2.95. The van der Waals surface area contributed by atoms with Gasteiger partial charge in [0.2, 0.25) is 0 Å². The maximum Gasteiger partial charge on any atom is 0.167 e. The predicted molar refractivity (Wildman–Crippen MR) is 70.6 cm³/mol. The summed E-state index contributed by atoms with van der Waals surface area (Å²) in [6, 6.07) is 4.67. The van der Waals surface area contributed by atoms with E-state index in [1.807, 2.05) is 6.92 Å². The van der Waals surface area contributed by atoms with Gasteiger partial charge in [0.05, 0.1) is 11.1 Å². The Bertz CT molecular complexity index is 551. The molecule has 0 saturated carbocycles. The van der Waals surface area contributed by atoms with E-state index in [2.05, 4.69) is 31.2 Å². The molecule has 4 nitrogen and oxygen atoms in total. The van der Waals surface area contributed by atoms with Crippen LogP contribution in [0.15, 0.2) is 35.2 Å². The molecular weight excluding hydrogens is 301 g/mol. The van der Waals surface area contributed by atoms with Crippen molar-refractivity contribution >= 4 is 27.4 Å². The molecule has 0 radical (unpaired) electrons. The van der Waals surface area contributed by atoms with Crippen molar-refractivity contribution in [2.45, 2.75) is 6.92 Å². The molecule has 0 saturated heterocycles. The Labute approximate surface area is 112 Å². The average Bonchev–Trinajstić information content (AvgIpc) is 2.36. The van der Waals surface area contributed by atoms with E-state index in [9.17, 15) is 4.39 Å². The molecule has 0 aliphatic carbocycles. The largest absolute Gasteiger partial charge is 0.491 e. The van der Waals surface area contributed by atoms with Gasteiger partial charge in [-0.3, -0.25) is 0 Å². The first-order valence-electron chi connectivity index (χ1n) is 5.35. The standard InChI is InChI=1S/C12H11BrFN3O/c1-2-18-11-4-3-8(5-10(11)14)17-12-9(13)6-15-7-16-12/h3-7H,2H2,1H3,(H,15,16,17). The molecule has 0 unspecified atom stereocenters. The first kappa shape index (κ1) is 12.8. The van der Waals surface area contributed by atoms with Gasteiger partial charge in [-0.15, -0.1) is 0 Å². The molecule has 94 valence electrons. The summed E-state index contributed by atoms with van der Waals surface area (Å²) < 4.78 is 19.5. The van der Waals surface area contributed by atoms with Crippen molar-refractivity contribution in [1.29, 1.82) is 0 Å². The lowest BCUT2D eigenvalue weighted by molar-refractivity contribution is 0.321. The van der Waals surface area contributed by atoms with Crippen LogP contribution in [0.4, 0.5) is 15.9 Å². The first-order chi connectivity index (χ1) is 8.70. The van der Waals surface area contributed by atoms with E-state index in [4.69, 9.17) is 4.74 Å². The minimum atomic E-state index is -0.410. The highest BCUT2D eigenvalue weighted by molar-refractivity contribution is 9.10. The van der Waals surface area contributed by atoms with Crippen LogP contribution in [0.25, 0.3) is 0 Å². The molecule has 0 fully saturated rings. The zero-order valence-electron chi connectivity index (χ0n) is 9.65. The zero-order valence-corrected chi connectivity index (χ0v) is 11.2. The molecule has 0 spiro atoms. The number of benzene rings is 1. The molecule has 1 aromatic heterocycles. The fraction of sp³-hybridized carbons (Fsp3) is 0.167. The lowest BCUT2D eigenvalue weighted by atomic mass is 10.3. The van der Waals surface area contributed by atoms with Gasteiger partial charge in [0, 0.05) is 18.0 Å². The number of nitrogens with one attached hydrogen (secondary N) is 1.